The molecule has 30 heavy (non-hydrogen) atoms. The topological polar surface area (TPSA) is 77.8 Å². The van der Waals surface area contributed by atoms with Crippen molar-refractivity contribution in [2.45, 2.75) is 13.5 Å². The fraction of sp³-hybridized carbons (Fsp3) is 0.182. The maximum Gasteiger partial charge on any atom is 0.379 e. The molecule has 0 atom stereocenters. The third-order valence-electron chi connectivity index (χ3n) is 4.48. The van der Waals surface area contributed by atoms with Crippen LogP contribution in [0.4, 0.5) is 8.78 Å². The van der Waals surface area contributed by atoms with E-state index in [-0.39, 0.29) is 24.3 Å². The number of carbonyl (C=O) groups excluding carboxylic acids is 2. The van der Waals surface area contributed by atoms with Gasteiger partial charge in [0.05, 0.1) is 31.2 Å². The maximum atomic E-state index is 14.2. The number of nitrogens with zero attached hydrogens (tertiary/aromatic N) is 1. The third kappa shape index (κ3) is 4.03. The summed E-state index contributed by atoms with van der Waals surface area (Å²) >= 11 is 0. The summed E-state index contributed by atoms with van der Waals surface area (Å²) in [7, 11) is 1.44. The Hall–Kier alpha value is -3.68. The molecule has 0 saturated carbocycles. The van der Waals surface area contributed by atoms with Crippen molar-refractivity contribution in [3.05, 3.63) is 71.4 Å². The second-order valence-electron chi connectivity index (χ2n) is 6.35. The molecular formula is C22H19F2NO5. The third-order valence-corrected chi connectivity index (χ3v) is 4.48. The Balaban J connectivity index is 2.12. The highest BCUT2D eigenvalue weighted by Gasteiger charge is 2.20. The van der Waals surface area contributed by atoms with Gasteiger partial charge < -0.3 is 19.1 Å². The van der Waals surface area contributed by atoms with E-state index in [9.17, 15) is 23.5 Å². The molecule has 3 rings (SSSR count). The first-order chi connectivity index (χ1) is 14.4. The van der Waals surface area contributed by atoms with Crippen LogP contribution in [-0.4, -0.2) is 35.1 Å². The fourth-order valence-corrected chi connectivity index (χ4v) is 3.13. The van der Waals surface area contributed by atoms with Gasteiger partial charge in [0.1, 0.15) is 11.5 Å². The first-order valence-corrected chi connectivity index (χ1v) is 9.08. The molecule has 6 nitrogen and oxygen atoms in total. The summed E-state index contributed by atoms with van der Waals surface area (Å²) in [6.07, 6.45) is 2.23. The highest BCUT2D eigenvalue weighted by molar-refractivity contribution is 6.39. The molecule has 8 heteroatoms. The van der Waals surface area contributed by atoms with E-state index in [2.05, 4.69) is 4.74 Å². The number of aromatic nitrogens is 1. The summed E-state index contributed by atoms with van der Waals surface area (Å²) in [5.41, 5.74) is 0.848. The van der Waals surface area contributed by atoms with Gasteiger partial charge in [-0.2, -0.15) is 0 Å². The van der Waals surface area contributed by atoms with E-state index >= 15 is 0 Å². The minimum atomic E-state index is -1.10. The molecule has 0 unspecified atom stereocenters. The summed E-state index contributed by atoms with van der Waals surface area (Å²) < 4.78 is 39.3. The number of halogens is 2. The summed E-state index contributed by atoms with van der Waals surface area (Å²) in [6.45, 7) is 1.54. The monoisotopic (exact) mass is 415 g/mol. The van der Waals surface area contributed by atoms with Gasteiger partial charge in [-0.1, -0.05) is 18.2 Å². The van der Waals surface area contributed by atoms with Crippen molar-refractivity contribution in [3.8, 4) is 5.75 Å². The molecule has 1 aromatic heterocycles. The molecular weight excluding hydrogens is 396 g/mol. The average molecular weight is 415 g/mol. The number of aliphatic hydroxyl groups excluding tert-OH is 1. The van der Waals surface area contributed by atoms with E-state index in [0.717, 1.165) is 12.1 Å². The molecule has 3 aromatic rings. The number of esters is 1. The zero-order valence-corrected chi connectivity index (χ0v) is 16.3. The number of hydrogen-bond acceptors (Lipinski definition) is 5. The molecule has 0 aliphatic rings. The Morgan fingerprint density at radius 2 is 1.90 bits per heavy atom. The van der Waals surface area contributed by atoms with Crippen LogP contribution < -0.4 is 4.74 Å². The Morgan fingerprint density at radius 3 is 2.60 bits per heavy atom. The van der Waals surface area contributed by atoms with Crippen molar-refractivity contribution in [1.82, 2.24) is 4.57 Å². The largest absolute Gasteiger partial charge is 0.507 e. The van der Waals surface area contributed by atoms with Crippen molar-refractivity contribution < 1.29 is 33.0 Å². The summed E-state index contributed by atoms with van der Waals surface area (Å²) in [5.74, 6) is -4.15. The first kappa shape index (κ1) is 21.0. The van der Waals surface area contributed by atoms with Crippen LogP contribution in [0, 0.1) is 11.6 Å². The van der Waals surface area contributed by atoms with Crippen LogP contribution in [0.3, 0.4) is 0 Å². The van der Waals surface area contributed by atoms with Crippen molar-refractivity contribution in [2.75, 3.05) is 13.7 Å². The van der Waals surface area contributed by atoms with Crippen LogP contribution in [0.15, 0.2) is 48.7 Å². The molecule has 0 spiro atoms. The van der Waals surface area contributed by atoms with Gasteiger partial charge in [-0.05, 0) is 25.1 Å². The molecule has 0 aliphatic heterocycles. The lowest BCUT2D eigenvalue weighted by Gasteiger charge is -2.08. The van der Waals surface area contributed by atoms with Gasteiger partial charge in [0.25, 0.3) is 5.78 Å². The molecule has 0 fully saturated rings. The number of rotatable bonds is 7. The van der Waals surface area contributed by atoms with Crippen molar-refractivity contribution in [2.24, 2.45) is 0 Å². The van der Waals surface area contributed by atoms with Crippen molar-refractivity contribution >= 4 is 28.4 Å². The highest BCUT2D eigenvalue weighted by atomic mass is 19.2. The highest BCUT2D eigenvalue weighted by Crippen LogP contribution is 2.34. The number of benzene rings is 2. The second kappa shape index (κ2) is 8.77. The number of aliphatic hydroxyl groups is 1. The van der Waals surface area contributed by atoms with Gasteiger partial charge in [-0.3, -0.25) is 4.79 Å². The number of ether oxygens (including phenoxy) is 2. The predicted octanol–water partition coefficient (Wildman–Crippen LogP) is 4.01. The fourth-order valence-electron chi connectivity index (χ4n) is 3.13. The number of ketones is 1. The summed E-state index contributed by atoms with van der Waals surface area (Å²) in [5, 5.41) is 11.0. The van der Waals surface area contributed by atoms with E-state index in [0.29, 0.717) is 16.7 Å². The van der Waals surface area contributed by atoms with Gasteiger partial charge in [-0.25, -0.2) is 13.6 Å². The smallest absolute Gasteiger partial charge is 0.379 e. The Kier molecular flexibility index (Phi) is 6.15. The standard InChI is InChI=1S/C22H19F2NO5/c1-3-30-22(28)18(27)10-17(26)14-12-25(11-13-6-4-7-15(23)21(13)24)16-8-5-9-19(29-2)20(14)16/h4-10,12,26H,3,11H2,1-2H3/b17-10-. The maximum absolute atomic E-state index is 14.2. The van der Waals surface area contributed by atoms with Gasteiger partial charge in [-0.15, -0.1) is 0 Å². The van der Waals surface area contributed by atoms with Gasteiger partial charge in [0.2, 0.25) is 0 Å². The number of hydrogen-bond donors (Lipinski definition) is 1. The molecule has 2 aromatic carbocycles. The zero-order valence-electron chi connectivity index (χ0n) is 16.3. The minimum Gasteiger partial charge on any atom is -0.507 e. The lowest BCUT2D eigenvalue weighted by Crippen LogP contribution is -2.15. The lowest BCUT2D eigenvalue weighted by atomic mass is 10.1. The average Bonchev–Trinajstić information content (AvgIpc) is 3.10. The second-order valence-corrected chi connectivity index (χ2v) is 6.35. The molecule has 0 amide bonds. The van der Waals surface area contributed by atoms with E-state index < -0.39 is 29.1 Å². The van der Waals surface area contributed by atoms with Crippen molar-refractivity contribution in [1.29, 1.82) is 0 Å². The Bertz CT molecular complexity index is 1150. The predicted molar refractivity (Wildman–Crippen MR) is 106 cm³/mol. The molecule has 156 valence electrons. The summed E-state index contributed by atoms with van der Waals surface area (Å²) in [6, 6.07) is 8.93. The lowest BCUT2D eigenvalue weighted by molar-refractivity contribution is -0.151. The molecule has 0 aliphatic carbocycles. The van der Waals surface area contributed by atoms with Crippen LogP contribution in [0.25, 0.3) is 16.7 Å². The molecule has 0 bridgehead atoms. The number of methoxy groups -OCH3 is 1. The minimum absolute atomic E-state index is 0.0194. The van der Waals surface area contributed by atoms with Crippen LogP contribution in [0.1, 0.15) is 18.1 Å². The molecule has 0 radical (unpaired) electrons. The Morgan fingerprint density at radius 1 is 1.17 bits per heavy atom. The summed E-state index contributed by atoms with van der Waals surface area (Å²) in [4.78, 5) is 23.5. The first-order valence-electron chi connectivity index (χ1n) is 9.08. The van der Waals surface area contributed by atoms with E-state index in [1.54, 1.807) is 29.7 Å². The van der Waals surface area contributed by atoms with Crippen LogP contribution >= 0.6 is 0 Å². The van der Waals surface area contributed by atoms with Crippen molar-refractivity contribution in [3.63, 3.8) is 0 Å². The van der Waals surface area contributed by atoms with E-state index in [1.165, 1.54) is 25.4 Å². The molecule has 0 saturated heterocycles. The van der Waals surface area contributed by atoms with E-state index in [4.69, 9.17) is 4.74 Å². The van der Waals surface area contributed by atoms with Gasteiger partial charge in [0.15, 0.2) is 11.6 Å². The normalized spacial score (nSPS) is 11.5. The number of fused-ring (bicyclic) bond motifs is 1. The van der Waals surface area contributed by atoms with Crippen LogP contribution in [-0.2, 0) is 20.9 Å². The SMILES string of the molecule is CCOC(=O)C(=O)/C=C(\O)c1cn(Cc2cccc(F)c2F)c2cccc(OC)c12. The van der Waals surface area contributed by atoms with Crippen LogP contribution in [0.2, 0.25) is 0 Å². The van der Waals surface area contributed by atoms with Crippen LogP contribution in [0.5, 0.6) is 5.75 Å². The zero-order chi connectivity index (χ0) is 21.8. The Labute approximate surface area is 170 Å². The van der Waals surface area contributed by atoms with Gasteiger partial charge >= 0.3 is 5.97 Å². The quantitative estimate of drug-likeness (QED) is 0.273. The van der Waals surface area contributed by atoms with Gasteiger partial charge in [0, 0.05) is 23.4 Å². The number of carbonyl (C=O) groups is 2. The molecule has 1 N–H and O–H groups in total. The van der Waals surface area contributed by atoms with E-state index in [1.807, 2.05) is 0 Å². The molecule has 1 heterocycles.